The summed E-state index contributed by atoms with van der Waals surface area (Å²) in [5, 5.41) is 0. The second-order valence-corrected chi connectivity index (χ2v) is 7.55. The largest absolute Gasteiger partial charge is 0.343 e. The summed E-state index contributed by atoms with van der Waals surface area (Å²) in [6, 6.07) is -0.0368. The van der Waals surface area contributed by atoms with Crippen LogP contribution in [0.15, 0.2) is 0 Å². The molecular weight excluding hydrogens is 278 g/mol. The standard InChI is InChI=1S/C13H27N3O3S/c1-11(5-8-14)3-4-13(17)16-9-6-12(7-10-16)15-20(2,18)19/h11-12,15H,3-10,14H2,1-2H3. The third kappa shape index (κ3) is 6.67. The number of hydrogen-bond donors (Lipinski definition) is 2. The highest BCUT2D eigenvalue weighted by atomic mass is 32.2. The number of sulfonamides is 1. The topological polar surface area (TPSA) is 92.5 Å². The quantitative estimate of drug-likeness (QED) is 0.707. The Morgan fingerprint density at radius 1 is 1.35 bits per heavy atom. The summed E-state index contributed by atoms with van der Waals surface area (Å²) in [6.45, 7) is 4.05. The van der Waals surface area contributed by atoms with E-state index in [0.717, 1.165) is 12.8 Å². The van der Waals surface area contributed by atoms with Gasteiger partial charge in [-0.1, -0.05) is 6.92 Å². The Kier molecular flexibility index (Phi) is 6.91. The smallest absolute Gasteiger partial charge is 0.222 e. The maximum absolute atomic E-state index is 12.1. The summed E-state index contributed by atoms with van der Waals surface area (Å²) >= 11 is 0. The van der Waals surface area contributed by atoms with Crippen LogP contribution in [0.5, 0.6) is 0 Å². The molecule has 0 aliphatic carbocycles. The van der Waals surface area contributed by atoms with Crippen molar-refractivity contribution in [3.05, 3.63) is 0 Å². The Labute approximate surface area is 122 Å². The highest BCUT2D eigenvalue weighted by Crippen LogP contribution is 2.15. The molecule has 0 saturated carbocycles. The third-order valence-electron chi connectivity index (χ3n) is 3.74. The van der Waals surface area contributed by atoms with Crippen molar-refractivity contribution in [3.8, 4) is 0 Å². The molecule has 0 aromatic carbocycles. The van der Waals surface area contributed by atoms with Crippen molar-refractivity contribution in [2.45, 2.75) is 45.1 Å². The molecule has 1 aliphatic rings. The third-order valence-corrected chi connectivity index (χ3v) is 4.50. The summed E-state index contributed by atoms with van der Waals surface area (Å²) in [6.07, 6.45) is 4.94. The zero-order chi connectivity index (χ0) is 15.2. The molecule has 1 atom stereocenters. The van der Waals surface area contributed by atoms with Crippen LogP contribution in [-0.4, -0.2) is 51.2 Å². The van der Waals surface area contributed by atoms with Crippen LogP contribution in [0.25, 0.3) is 0 Å². The van der Waals surface area contributed by atoms with Gasteiger partial charge in [0.1, 0.15) is 0 Å². The van der Waals surface area contributed by atoms with Gasteiger partial charge in [0.05, 0.1) is 6.26 Å². The van der Waals surface area contributed by atoms with Gasteiger partial charge in [-0.05, 0) is 38.1 Å². The average molecular weight is 305 g/mol. The van der Waals surface area contributed by atoms with E-state index in [2.05, 4.69) is 11.6 Å². The lowest BCUT2D eigenvalue weighted by Gasteiger charge is -2.32. The maximum Gasteiger partial charge on any atom is 0.222 e. The van der Waals surface area contributed by atoms with Gasteiger partial charge in [0.25, 0.3) is 0 Å². The summed E-state index contributed by atoms with van der Waals surface area (Å²) in [5.41, 5.74) is 5.49. The molecule has 1 amide bonds. The molecule has 0 spiro atoms. The van der Waals surface area contributed by atoms with E-state index >= 15 is 0 Å². The number of piperidine rings is 1. The molecule has 6 nitrogen and oxygen atoms in total. The van der Waals surface area contributed by atoms with E-state index in [9.17, 15) is 13.2 Å². The van der Waals surface area contributed by atoms with E-state index < -0.39 is 10.0 Å². The number of carbonyl (C=O) groups is 1. The molecule has 20 heavy (non-hydrogen) atoms. The Balaban J connectivity index is 2.28. The molecule has 1 saturated heterocycles. The lowest BCUT2D eigenvalue weighted by Crippen LogP contribution is -2.46. The molecule has 0 bridgehead atoms. The summed E-state index contributed by atoms with van der Waals surface area (Å²) in [5.74, 6) is 0.653. The first-order valence-electron chi connectivity index (χ1n) is 7.27. The Hall–Kier alpha value is -0.660. The van der Waals surface area contributed by atoms with Gasteiger partial charge in [-0.2, -0.15) is 0 Å². The number of rotatable bonds is 7. The minimum Gasteiger partial charge on any atom is -0.343 e. The summed E-state index contributed by atoms with van der Waals surface area (Å²) < 4.78 is 24.9. The van der Waals surface area contributed by atoms with Gasteiger partial charge in [0.15, 0.2) is 0 Å². The number of hydrogen-bond acceptors (Lipinski definition) is 4. The van der Waals surface area contributed by atoms with Crippen molar-refractivity contribution in [2.24, 2.45) is 11.7 Å². The van der Waals surface area contributed by atoms with Crippen LogP contribution in [-0.2, 0) is 14.8 Å². The molecule has 7 heteroatoms. The van der Waals surface area contributed by atoms with Gasteiger partial charge in [-0.25, -0.2) is 13.1 Å². The molecule has 3 N–H and O–H groups in total. The zero-order valence-corrected chi connectivity index (χ0v) is 13.3. The van der Waals surface area contributed by atoms with E-state index in [1.54, 1.807) is 0 Å². The zero-order valence-electron chi connectivity index (χ0n) is 12.5. The number of nitrogens with zero attached hydrogens (tertiary/aromatic N) is 1. The predicted octanol–water partition coefficient (Wildman–Crippen LogP) is 0.292. The number of carbonyl (C=O) groups excluding carboxylic acids is 1. The summed E-state index contributed by atoms with van der Waals surface area (Å²) in [4.78, 5) is 13.9. The van der Waals surface area contributed by atoms with Crippen molar-refractivity contribution in [3.63, 3.8) is 0 Å². The lowest BCUT2D eigenvalue weighted by atomic mass is 10.0. The Morgan fingerprint density at radius 3 is 2.45 bits per heavy atom. The second-order valence-electron chi connectivity index (χ2n) is 5.77. The number of nitrogens with two attached hydrogens (primary N) is 1. The fourth-order valence-electron chi connectivity index (χ4n) is 2.51. The summed E-state index contributed by atoms with van der Waals surface area (Å²) in [7, 11) is -3.15. The number of amides is 1. The highest BCUT2D eigenvalue weighted by Gasteiger charge is 2.24. The van der Waals surface area contributed by atoms with E-state index in [0.29, 0.717) is 44.8 Å². The molecule has 0 aromatic heterocycles. The van der Waals surface area contributed by atoms with Crippen molar-refractivity contribution in [2.75, 3.05) is 25.9 Å². The van der Waals surface area contributed by atoms with Crippen LogP contribution in [0.1, 0.15) is 39.0 Å². The normalized spacial score (nSPS) is 19.1. The van der Waals surface area contributed by atoms with Gasteiger partial charge >= 0.3 is 0 Å². The SMILES string of the molecule is CC(CCN)CCC(=O)N1CCC(NS(C)(=O)=O)CC1. The predicted molar refractivity (Wildman–Crippen MR) is 79.7 cm³/mol. The van der Waals surface area contributed by atoms with Crippen molar-refractivity contribution in [1.82, 2.24) is 9.62 Å². The lowest BCUT2D eigenvalue weighted by molar-refractivity contribution is -0.132. The molecule has 0 aromatic rings. The molecule has 1 rings (SSSR count). The van der Waals surface area contributed by atoms with E-state index in [-0.39, 0.29) is 11.9 Å². The second kappa shape index (κ2) is 7.95. The van der Waals surface area contributed by atoms with Gasteiger partial charge in [-0.15, -0.1) is 0 Å². The van der Waals surface area contributed by atoms with Crippen LogP contribution in [0, 0.1) is 5.92 Å². The van der Waals surface area contributed by atoms with E-state index in [1.807, 2.05) is 4.90 Å². The van der Waals surface area contributed by atoms with Gasteiger partial charge in [-0.3, -0.25) is 4.79 Å². The fraction of sp³-hybridized carbons (Fsp3) is 0.923. The first kappa shape index (κ1) is 17.4. The highest BCUT2D eigenvalue weighted by molar-refractivity contribution is 7.88. The Bertz CT molecular complexity index is 403. The monoisotopic (exact) mass is 305 g/mol. The first-order valence-corrected chi connectivity index (χ1v) is 9.16. The minimum absolute atomic E-state index is 0.0368. The maximum atomic E-state index is 12.1. The van der Waals surface area contributed by atoms with Crippen LogP contribution in [0.2, 0.25) is 0 Å². The van der Waals surface area contributed by atoms with Gasteiger partial charge in [0, 0.05) is 25.6 Å². The molecule has 1 fully saturated rings. The van der Waals surface area contributed by atoms with Crippen LogP contribution in [0.3, 0.4) is 0 Å². The number of likely N-dealkylation sites (tertiary alicyclic amines) is 1. The average Bonchev–Trinajstić information content (AvgIpc) is 2.35. The van der Waals surface area contributed by atoms with Crippen LogP contribution in [0.4, 0.5) is 0 Å². The molecular formula is C13H27N3O3S. The van der Waals surface area contributed by atoms with Crippen LogP contribution >= 0.6 is 0 Å². The van der Waals surface area contributed by atoms with Crippen molar-refractivity contribution < 1.29 is 13.2 Å². The number of nitrogens with one attached hydrogen (secondary N) is 1. The minimum atomic E-state index is -3.15. The molecule has 1 heterocycles. The van der Waals surface area contributed by atoms with Gasteiger partial charge in [0.2, 0.25) is 15.9 Å². The van der Waals surface area contributed by atoms with Crippen molar-refractivity contribution >= 4 is 15.9 Å². The van der Waals surface area contributed by atoms with Gasteiger partial charge < -0.3 is 10.6 Å². The van der Waals surface area contributed by atoms with Crippen molar-refractivity contribution in [1.29, 1.82) is 0 Å². The molecule has 118 valence electrons. The fourth-order valence-corrected chi connectivity index (χ4v) is 3.35. The first-order chi connectivity index (χ1) is 9.31. The molecule has 1 aliphatic heterocycles. The molecule has 0 radical (unpaired) electrons. The molecule has 1 unspecified atom stereocenters. The Morgan fingerprint density at radius 2 is 1.95 bits per heavy atom. The van der Waals surface area contributed by atoms with E-state index in [1.165, 1.54) is 6.26 Å². The van der Waals surface area contributed by atoms with Crippen LogP contribution < -0.4 is 10.5 Å². The van der Waals surface area contributed by atoms with E-state index in [4.69, 9.17) is 5.73 Å².